The van der Waals surface area contributed by atoms with E-state index in [0.717, 1.165) is 5.56 Å². The number of hydrogen-bond acceptors (Lipinski definition) is 3. The van der Waals surface area contributed by atoms with Crippen molar-refractivity contribution < 1.29 is 4.79 Å². The lowest BCUT2D eigenvalue weighted by atomic mass is 10.1. The van der Waals surface area contributed by atoms with E-state index >= 15 is 0 Å². The van der Waals surface area contributed by atoms with Crippen LogP contribution in [0, 0.1) is 0 Å². The van der Waals surface area contributed by atoms with Gasteiger partial charge in [0.05, 0.1) is 5.69 Å². The van der Waals surface area contributed by atoms with Gasteiger partial charge in [-0.3, -0.25) is 4.79 Å². The number of nitrogens with one attached hydrogen (secondary N) is 3. The topological polar surface area (TPSA) is 86.9 Å². The minimum absolute atomic E-state index is 0.270. The summed E-state index contributed by atoms with van der Waals surface area (Å²) in [7, 11) is 0. The fourth-order valence-corrected chi connectivity index (χ4v) is 2.31. The van der Waals surface area contributed by atoms with Crippen molar-refractivity contribution in [2.24, 2.45) is 0 Å². The SMILES string of the molecule is O=C(Nc1cccc(Cl)c1)Nc1cccc(-c2ccc(=O)[nH]n2)c1. The molecule has 120 valence electrons. The first kappa shape index (κ1) is 15.8. The van der Waals surface area contributed by atoms with Gasteiger partial charge in [0.1, 0.15) is 0 Å². The van der Waals surface area contributed by atoms with E-state index in [9.17, 15) is 9.59 Å². The lowest BCUT2D eigenvalue weighted by Gasteiger charge is -2.09. The molecule has 1 heterocycles. The Morgan fingerprint density at radius 2 is 1.67 bits per heavy atom. The van der Waals surface area contributed by atoms with E-state index in [0.29, 0.717) is 22.1 Å². The first-order valence-electron chi connectivity index (χ1n) is 7.10. The van der Waals surface area contributed by atoms with Gasteiger partial charge in [-0.25, -0.2) is 9.89 Å². The predicted octanol–water partition coefficient (Wildman–Crippen LogP) is 3.73. The molecular weight excluding hydrogens is 328 g/mol. The van der Waals surface area contributed by atoms with Crippen molar-refractivity contribution >= 4 is 29.0 Å². The number of rotatable bonds is 3. The molecule has 0 aliphatic carbocycles. The number of aromatic nitrogens is 2. The predicted molar refractivity (Wildman–Crippen MR) is 94.4 cm³/mol. The highest BCUT2D eigenvalue weighted by atomic mass is 35.5. The maximum Gasteiger partial charge on any atom is 0.323 e. The van der Waals surface area contributed by atoms with Crippen LogP contribution < -0.4 is 16.2 Å². The smallest absolute Gasteiger partial charge is 0.308 e. The Morgan fingerprint density at radius 3 is 2.33 bits per heavy atom. The van der Waals surface area contributed by atoms with E-state index in [1.165, 1.54) is 6.07 Å². The van der Waals surface area contributed by atoms with Gasteiger partial charge in [-0.2, -0.15) is 5.10 Å². The van der Waals surface area contributed by atoms with Crippen molar-refractivity contribution in [1.82, 2.24) is 10.2 Å². The van der Waals surface area contributed by atoms with Crippen molar-refractivity contribution in [3.63, 3.8) is 0 Å². The minimum atomic E-state index is -0.385. The van der Waals surface area contributed by atoms with Crippen molar-refractivity contribution in [1.29, 1.82) is 0 Å². The Bertz CT molecular complexity index is 919. The Labute approximate surface area is 142 Å². The number of anilines is 2. The van der Waals surface area contributed by atoms with Crippen LogP contribution in [0.2, 0.25) is 5.02 Å². The van der Waals surface area contributed by atoms with Crippen LogP contribution in [0.4, 0.5) is 16.2 Å². The number of amides is 2. The maximum absolute atomic E-state index is 12.1. The second-order valence-electron chi connectivity index (χ2n) is 4.98. The highest BCUT2D eigenvalue weighted by Gasteiger charge is 2.05. The van der Waals surface area contributed by atoms with Crippen molar-refractivity contribution in [2.45, 2.75) is 0 Å². The fraction of sp³-hybridized carbons (Fsp3) is 0. The van der Waals surface area contributed by atoms with Crippen LogP contribution in [-0.2, 0) is 0 Å². The fourth-order valence-electron chi connectivity index (χ4n) is 2.12. The van der Waals surface area contributed by atoms with Crippen LogP contribution >= 0.6 is 11.6 Å². The number of carbonyl (C=O) groups excluding carboxylic acids is 1. The average Bonchev–Trinajstić information content (AvgIpc) is 2.55. The summed E-state index contributed by atoms with van der Waals surface area (Å²) in [6, 6.07) is 16.6. The van der Waals surface area contributed by atoms with Crippen LogP contribution in [0.15, 0.2) is 65.5 Å². The molecule has 2 amide bonds. The lowest BCUT2D eigenvalue weighted by Crippen LogP contribution is -2.19. The van der Waals surface area contributed by atoms with E-state index in [4.69, 9.17) is 11.6 Å². The molecule has 3 N–H and O–H groups in total. The van der Waals surface area contributed by atoms with Crippen LogP contribution in [-0.4, -0.2) is 16.2 Å². The molecular formula is C17H13ClN4O2. The quantitative estimate of drug-likeness (QED) is 0.678. The molecule has 2 aromatic carbocycles. The molecule has 0 fully saturated rings. The standard InChI is InChI=1S/C17H13ClN4O2/c18-12-4-2-6-14(10-12)20-17(24)19-13-5-1-3-11(9-13)15-7-8-16(23)22-21-15/h1-10H,(H,22,23)(H2,19,20,24). The minimum Gasteiger partial charge on any atom is -0.308 e. The van der Waals surface area contributed by atoms with Crippen molar-refractivity contribution in [2.75, 3.05) is 10.6 Å². The number of hydrogen-bond donors (Lipinski definition) is 3. The summed E-state index contributed by atoms with van der Waals surface area (Å²) in [4.78, 5) is 23.1. The van der Waals surface area contributed by atoms with Crippen LogP contribution in [0.25, 0.3) is 11.3 Å². The van der Waals surface area contributed by atoms with E-state index in [-0.39, 0.29) is 11.6 Å². The van der Waals surface area contributed by atoms with Gasteiger partial charge in [-0.05, 0) is 36.4 Å². The van der Waals surface area contributed by atoms with Gasteiger partial charge in [-0.1, -0.05) is 29.8 Å². The Hall–Kier alpha value is -3.12. The zero-order valence-electron chi connectivity index (χ0n) is 12.4. The van der Waals surface area contributed by atoms with E-state index in [1.807, 2.05) is 6.07 Å². The molecule has 3 rings (SSSR count). The highest BCUT2D eigenvalue weighted by molar-refractivity contribution is 6.30. The number of H-pyrrole nitrogens is 1. The molecule has 0 bridgehead atoms. The normalized spacial score (nSPS) is 10.2. The summed E-state index contributed by atoms with van der Waals surface area (Å²) in [5.41, 5.74) is 2.30. The first-order chi connectivity index (χ1) is 11.6. The maximum atomic E-state index is 12.1. The number of nitrogens with zero attached hydrogens (tertiary/aromatic N) is 1. The van der Waals surface area contributed by atoms with Crippen LogP contribution in [0.3, 0.4) is 0 Å². The molecule has 24 heavy (non-hydrogen) atoms. The third-order valence-corrected chi connectivity index (χ3v) is 3.41. The number of urea groups is 1. The van der Waals surface area contributed by atoms with Crippen LogP contribution in [0.5, 0.6) is 0 Å². The van der Waals surface area contributed by atoms with Gasteiger partial charge in [0.15, 0.2) is 0 Å². The molecule has 0 aliphatic heterocycles. The van der Waals surface area contributed by atoms with Gasteiger partial charge >= 0.3 is 6.03 Å². The molecule has 0 atom stereocenters. The second-order valence-corrected chi connectivity index (χ2v) is 5.41. The van der Waals surface area contributed by atoms with Crippen molar-refractivity contribution in [3.8, 4) is 11.3 Å². The number of carbonyl (C=O) groups is 1. The zero-order chi connectivity index (χ0) is 16.9. The summed E-state index contributed by atoms with van der Waals surface area (Å²) in [5.74, 6) is 0. The van der Waals surface area contributed by atoms with Gasteiger partial charge in [-0.15, -0.1) is 0 Å². The van der Waals surface area contributed by atoms with E-state index in [2.05, 4.69) is 20.8 Å². The first-order valence-corrected chi connectivity index (χ1v) is 7.48. The summed E-state index contributed by atoms with van der Waals surface area (Å²) >= 11 is 5.88. The summed E-state index contributed by atoms with van der Waals surface area (Å²) < 4.78 is 0. The molecule has 6 nitrogen and oxygen atoms in total. The molecule has 0 spiro atoms. The molecule has 0 aliphatic rings. The van der Waals surface area contributed by atoms with E-state index in [1.54, 1.807) is 48.5 Å². The largest absolute Gasteiger partial charge is 0.323 e. The molecule has 3 aromatic rings. The summed E-state index contributed by atoms with van der Waals surface area (Å²) in [6.45, 7) is 0. The summed E-state index contributed by atoms with van der Waals surface area (Å²) in [5, 5.41) is 12.3. The third-order valence-electron chi connectivity index (χ3n) is 3.18. The third kappa shape index (κ3) is 3.99. The lowest BCUT2D eigenvalue weighted by molar-refractivity contribution is 0.262. The molecule has 1 aromatic heterocycles. The van der Waals surface area contributed by atoms with Gasteiger partial charge < -0.3 is 10.6 Å². The van der Waals surface area contributed by atoms with E-state index < -0.39 is 0 Å². The van der Waals surface area contributed by atoms with Gasteiger partial charge in [0.25, 0.3) is 5.56 Å². The number of halogens is 1. The molecule has 0 unspecified atom stereocenters. The highest BCUT2D eigenvalue weighted by Crippen LogP contribution is 2.20. The molecule has 0 radical (unpaired) electrons. The monoisotopic (exact) mass is 340 g/mol. The molecule has 7 heteroatoms. The van der Waals surface area contributed by atoms with Crippen molar-refractivity contribution in [3.05, 3.63) is 76.0 Å². The van der Waals surface area contributed by atoms with Gasteiger partial charge in [0, 0.05) is 28.0 Å². The Morgan fingerprint density at radius 1 is 0.958 bits per heavy atom. The number of aromatic amines is 1. The number of benzene rings is 2. The van der Waals surface area contributed by atoms with Crippen LogP contribution in [0.1, 0.15) is 0 Å². The second kappa shape index (κ2) is 6.97. The summed E-state index contributed by atoms with van der Waals surface area (Å²) in [6.07, 6.45) is 0. The Balaban J connectivity index is 1.73. The Kier molecular flexibility index (Phi) is 4.58. The average molecular weight is 341 g/mol. The molecule has 0 saturated carbocycles. The zero-order valence-corrected chi connectivity index (χ0v) is 13.2. The van der Waals surface area contributed by atoms with Gasteiger partial charge in [0.2, 0.25) is 0 Å². The molecule has 0 saturated heterocycles.